The van der Waals surface area contributed by atoms with Crippen molar-refractivity contribution in [2.24, 2.45) is 5.73 Å². The van der Waals surface area contributed by atoms with Crippen molar-refractivity contribution < 1.29 is 9.53 Å². The van der Waals surface area contributed by atoms with E-state index in [2.05, 4.69) is 12.1 Å². The first-order chi connectivity index (χ1) is 9.15. The van der Waals surface area contributed by atoms with E-state index in [4.69, 9.17) is 10.5 Å². The van der Waals surface area contributed by atoms with E-state index in [-0.39, 0.29) is 0 Å². The smallest absolute Gasteiger partial charge is 0.258 e. The van der Waals surface area contributed by atoms with E-state index < -0.39 is 12.0 Å². The van der Waals surface area contributed by atoms with Gasteiger partial charge in [0, 0.05) is 0 Å². The molecule has 1 atom stereocenters. The van der Waals surface area contributed by atoms with Crippen LogP contribution in [-0.4, -0.2) is 12.0 Å². The lowest BCUT2D eigenvalue weighted by atomic mass is 10.1. The molecule has 3 heteroatoms. The van der Waals surface area contributed by atoms with Crippen molar-refractivity contribution >= 4 is 5.91 Å². The summed E-state index contributed by atoms with van der Waals surface area (Å²) in [6, 6.07) is 18.0. The maximum atomic E-state index is 10.9. The molecule has 1 amide bonds. The van der Waals surface area contributed by atoms with Crippen molar-refractivity contribution in [3.63, 3.8) is 0 Å². The fourth-order valence-corrected chi connectivity index (χ4v) is 1.78. The fraction of sp³-hybridized carbons (Fsp3) is 0.188. The van der Waals surface area contributed by atoms with Crippen LogP contribution < -0.4 is 10.5 Å². The summed E-state index contributed by atoms with van der Waals surface area (Å²) in [5.41, 5.74) is 7.62. The molecule has 1 unspecified atom stereocenters. The van der Waals surface area contributed by atoms with Crippen LogP contribution in [0.15, 0.2) is 54.6 Å². The van der Waals surface area contributed by atoms with E-state index >= 15 is 0 Å². The van der Waals surface area contributed by atoms with Crippen LogP contribution in [0.4, 0.5) is 0 Å². The Morgan fingerprint density at radius 3 is 2.21 bits per heavy atom. The highest BCUT2D eigenvalue weighted by Crippen LogP contribution is 2.16. The van der Waals surface area contributed by atoms with Crippen LogP contribution in [0.3, 0.4) is 0 Å². The molecule has 98 valence electrons. The van der Waals surface area contributed by atoms with Gasteiger partial charge in [0.05, 0.1) is 0 Å². The summed E-state index contributed by atoms with van der Waals surface area (Å²) in [6.45, 7) is 1.64. The molecule has 3 nitrogen and oxygen atoms in total. The van der Waals surface area contributed by atoms with Crippen LogP contribution in [-0.2, 0) is 11.2 Å². The van der Waals surface area contributed by atoms with Gasteiger partial charge in [-0.2, -0.15) is 0 Å². The minimum absolute atomic E-state index is 0.464. The molecule has 0 bridgehead atoms. The van der Waals surface area contributed by atoms with Gasteiger partial charge < -0.3 is 10.5 Å². The number of nitrogens with two attached hydrogens (primary N) is 1. The Hall–Kier alpha value is -2.29. The Balaban J connectivity index is 2.01. The van der Waals surface area contributed by atoms with Crippen LogP contribution in [0.2, 0.25) is 0 Å². The van der Waals surface area contributed by atoms with Gasteiger partial charge in [0.1, 0.15) is 5.75 Å². The fourth-order valence-electron chi connectivity index (χ4n) is 1.78. The number of rotatable bonds is 5. The third-order valence-corrected chi connectivity index (χ3v) is 2.89. The molecule has 0 radical (unpaired) electrons. The minimum atomic E-state index is -0.611. The Bertz CT molecular complexity index is 534. The number of hydrogen-bond acceptors (Lipinski definition) is 2. The third kappa shape index (κ3) is 3.85. The van der Waals surface area contributed by atoms with Crippen LogP contribution in [0, 0.1) is 0 Å². The number of hydrogen-bond donors (Lipinski definition) is 1. The normalized spacial score (nSPS) is 11.8. The first kappa shape index (κ1) is 13.1. The second-order valence-electron chi connectivity index (χ2n) is 4.47. The van der Waals surface area contributed by atoms with Gasteiger partial charge in [0.2, 0.25) is 0 Å². The average molecular weight is 255 g/mol. The molecule has 0 saturated carbocycles. The van der Waals surface area contributed by atoms with E-state index in [1.54, 1.807) is 6.92 Å². The summed E-state index contributed by atoms with van der Waals surface area (Å²) in [4.78, 5) is 10.9. The average Bonchev–Trinajstić information content (AvgIpc) is 2.42. The molecule has 0 heterocycles. The van der Waals surface area contributed by atoms with E-state index in [0.717, 1.165) is 6.42 Å². The van der Waals surface area contributed by atoms with Gasteiger partial charge in [0.15, 0.2) is 6.10 Å². The monoisotopic (exact) mass is 255 g/mol. The molecule has 0 aliphatic carbocycles. The quantitative estimate of drug-likeness (QED) is 0.892. The van der Waals surface area contributed by atoms with Crippen molar-refractivity contribution in [2.75, 3.05) is 0 Å². The maximum absolute atomic E-state index is 10.9. The van der Waals surface area contributed by atoms with E-state index in [1.165, 1.54) is 11.1 Å². The predicted octanol–water partition coefficient (Wildman–Crippen LogP) is 2.53. The van der Waals surface area contributed by atoms with Crippen molar-refractivity contribution in [3.05, 3.63) is 65.7 Å². The summed E-state index contributed by atoms with van der Waals surface area (Å²) in [6.07, 6.45) is 0.270. The van der Waals surface area contributed by atoms with Crippen LogP contribution in [0.5, 0.6) is 5.75 Å². The molecule has 19 heavy (non-hydrogen) atoms. The Morgan fingerprint density at radius 2 is 1.63 bits per heavy atom. The lowest BCUT2D eigenvalue weighted by Crippen LogP contribution is -2.30. The standard InChI is InChI=1S/C16H17NO2/c1-12(16(17)18)19-15-9-7-14(8-10-15)11-13-5-3-2-4-6-13/h2-10,12H,11H2,1H3,(H2,17,18). The summed E-state index contributed by atoms with van der Waals surface area (Å²) < 4.78 is 5.41. The van der Waals surface area contributed by atoms with Crippen LogP contribution in [0.1, 0.15) is 18.1 Å². The highest BCUT2D eigenvalue weighted by Gasteiger charge is 2.09. The van der Waals surface area contributed by atoms with Crippen LogP contribution in [0.25, 0.3) is 0 Å². The van der Waals surface area contributed by atoms with Gasteiger partial charge >= 0.3 is 0 Å². The molecule has 0 spiro atoms. The molecule has 0 aromatic heterocycles. The minimum Gasteiger partial charge on any atom is -0.481 e. The van der Waals surface area contributed by atoms with Crippen molar-refractivity contribution in [1.82, 2.24) is 0 Å². The van der Waals surface area contributed by atoms with Crippen LogP contribution >= 0.6 is 0 Å². The number of carbonyl (C=O) groups is 1. The second kappa shape index (κ2) is 6.05. The van der Waals surface area contributed by atoms with Crippen molar-refractivity contribution in [2.45, 2.75) is 19.4 Å². The largest absolute Gasteiger partial charge is 0.481 e. The topological polar surface area (TPSA) is 52.3 Å². The molecular formula is C16H17NO2. The number of benzene rings is 2. The first-order valence-corrected chi connectivity index (χ1v) is 6.24. The highest BCUT2D eigenvalue weighted by molar-refractivity contribution is 5.78. The van der Waals surface area contributed by atoms with Gasteiger partial charge in [-0.3, -0.25) is 4.79 Å². The zero-order valence-electron chi connectivity index (χ0n) is 10.9. The van der Waals surface area contributed by atoms with E-state index in [0.29, 0.717) is 5.75 Å². The van der Waals surface area contributed by atoms with Gasteiger partial charge in [-0.25, -0.2) is 0 Å². The summed E-state index contributed by atoms with van der Waals surface area (Å²) in [7, 11) is 0. The number of primary amides is 1. The molecule has 2 aromatic carbocycles. The number of carbonyl (C=O) groups excluding carboxylic acids is 1. The SMILES string of the molecule is CC(Oc1ccc(Cc2ccccc2)cc1)C(N)=O. The Morgan fingerprint density at radius 1 is 1.05 bits per heavy atom. The lowest BCUT2D eigenvalue weighted by Gasteiger charge is -2.11. The molecule has 2 N–H and O–H groups in total. The first-order valence-electron chi connectivity index (χ1n) is 6.24. The Kier molecular flexibility index (Phi) is 4.18. The highest BCUT2D eigenvalue weighted by atomic mass is 16.5. The molecule has 2 rings (SSSR count). The van der Waals surface area contributed by atoms with Gasteiger partial charge in [-0.1, -0.05) is 42.5 Å². The Labute approximate surface area is 113 Å². The number of ether oxygens (including phenoxy) is 1. The molecule has 2 aromatic rings. The van der Waals surface area contributed by atoms with Crippen molar-refractivity contribution in [1.29, 1.82) is 0 Å². The predicted molar refractivity (Wildman–Crippen MR) is 75.0 cm³/mol. The van der Waals surface area contributed by atoms with E-state index in [9.17, 15) is 4.79 Å². The van der Waals surface area contributed by atoms with Gasteiger partial charge in [-0.15, -0.1) is 0 Å². The molecular weight excluding hydrogens is 238 g/mol. The molecule has 0 aliphatic heterocycles. The maximum Gasteiger partial charge on any atom is 0.258 e. The summed E-state index contributed by atoms with van der Waals surface area (Å²) in [5.74, 6) is 0.191. The summed E-state index contributed by atoms with van der Waals surface area (Å²) >= 11 is 0. The van der Waals surface area contributed by atoms with Crippen molar-refractivity contribution in [3.8, 4) is 5.75 Å². The summed E-state index contributed by atoms with van der Waals surface area (Å²) in [5, 5.41) is 0. The molecule has 0 aliphatic rings. The molecule has 0 fully saturated rings. The van der Waals surface area contributed by atoms with Gasteiger partial charge in [0.25, 0.3) is 5.91 Å². The molecule has 0 saturated heterocycles. The zero-order valence-corrected chi connectivity index (χ0v) is 10.9. The lowest BCUT2D eigenvalue weighted by molar-refractivity contribution is -0.123. The van der Waals surface area contributed by atoms with E-state index in [1.807, 2.05) is 42.5 Å². The second-order valence-corrected chi connectivity index (χ2v) is 4.47. The zero-order chi connectivity index (χ0) is 13.7. The van der Waals surface area contributed by atoms with Gasteiger partial charge in [-0.05, 0) is 36.6 Å². The number of amides is 1. The third-order valence-electron chi connectivity index (χ3n) is 2.89.